The molecule has 0 radical (unpaired) electrons. The maximum absolute atomic E-state index is 5.51. The van der Waals surface area contributed by atoms with Crippen LogP contribution in [-0.2, 0) is 13.6 Å². The predicted molar refractivity (Wildman–Crippen MR) is 140 cm³/mol. The number of hydrogen-bond acceptors (Lipinski definition) is 11. The highest BCUT2D eigenvalue weighted by Crippen LogP contribution is 2.34. The van der Waals surface area contributed by atoms with Gasteiger partial charge in [0.1, 0.15) is 22.8 Å². The lowest BCUT2D eigenvalue weighted by atomic mass is 10.2. The van der Waals surface area contributed by atoms with E-state index in [2.05, 4.69) is 20.1 Å². The highest BCUT2D eigenvalue weighted by molar-refractivity contribution is 5.77. The van der Waals surface area contributed by atoms with Crippen LogP contribution in [-0.4, -0.2) is 63.1 Å². The van der Waals surface area contributed by atoms with Crippen molar-refractivity contribution in [3.8, 4) is 34.5 Å². The van der Waals surface area contributed by atoms with E-state index in [1.54, 1.807) is 57.6 Å². The zero-order valence-corrected chi connectivity index (χ0v) is 21.6. The van der Waals surface area contributed by atoms with Gasteiger partial charge in [0.05, 0.1) is 64.8 Å². The van der Waals surface area contributed by atoms with Crippen molar-refractivity contribution in [1.29, 1.82) is 0 Å². The van der Waals surface area contributed by atoms with Gasteiger partial charge in [-0.1, -0.05) is 0 Å². The predicted octanol–water partition coefficient (Wildman–Crippen LogP) is 3.59. The number of ether oxygens (including phenoxy) is 4. The first-order chi connectivity index (χ1) is 18.5. The Labute approximate surface area is 218 Å². The Kier molecular flexibility index (Phi) is 6.85. The van der Waals surface area contributed by atoms with E-state index in [4.69, 9.17) is 28.9 Å². The third-order valence-corrected chi connectivity index (χ3v) is 5.76. The molecule has 0 atom stereocenters. The van der Waals surface area contributed by atoms with Crippen molar-refractivity contribution < 1.29 is 18.9 Å². The summed E-state index contributed by atoms with van der Waals surface area (Å²) in [5.41, 5.74) is 3.40. The molecule has 4 heterocycles. The Morgan fingerprint density at radius 2 is 1.50 bits per heavy atom. The number of fused-ring (bicyclic) bond motifs is 1. The van der Waals surface area contributed by atoms with E-state index in [1.165, 1.54) is 0 Å². The van der Waals surface area contributed by atoms with Crippen molar-refractivity contribution >= 4 is 22.7 Å². The maximum Gasteiger partial charge on any atom is 0.220 e. The highest BCUT2D eigenvalue weighted by Gasteiger charge is 2.19. The van der Waals surface area contributed by atoms with Crippen molar-refractivity contribution in [2.75, 3.05) is 33.3 Å². The lowest BCUT2D eigenvalue weighted by Gasteiger charge is -2.24. The monoisotopic (exact) mass is 514 g/mol. The zero-order chi connectivity index (χ0) is 26.6. The van der Waals surface area contributed by atoms with Crippen LogP contribution in [0.1, 0.15) is 5.82 Å². The molecule has 0 aliphatic heterocycles. The van der Waals surface area contributed by atoms with Gasteiger partial charge in [0.25, 0.3) is 0 Å². The summed E-state index contributed by atoms with van der Waals surface area (Å²) in [6.07, 6.45) is 5.33. The van der Waals surface area contributed by atoms with E-state index in [-0.39, 0.29) is 6.54 Å². The molecule has 0 amide bonds. The number of rotatable bonds is 9. The van der Waals surface area contributed by atoms with Gasteiger partial charge in [0.15, 0.2) is 11.5 Å². The standard InChI is InChI=1S/C26H26N8O4/c1-33-14-16(12-28-33)21-13-27-20-6-7-23(32-26(20)29-21)34(17-8-18(35-2)10-19(9-17)36-3)15-22-30-24(37-4)11-25(31-22)38-5/h6-14H,15H2,1-5H3. The number of aromatic nitrogens is 7. The molecule has 1 aromatic carbocycles. The van der Waals surface area contributed by atoms with Crippen molar-refractivity contribution in [2.24, 2.45) is 7.05 Å². The molecule has 5 rings (SSSR count). The first-order valence-electron chi connectivity index (χ1n) is 11.6. The van der Waals surface area contributed by atoms with Crippen LogP contribution in [0.15, 0.2) is 55.0 Å². The Hall–Kier alpha value is -5.00. The number of benzene rings is 1. The third-order valence-electron chi connectivity index (χ3n) is 5.76. The Morgan fingerprint density at radius 3 is 2.11 bits per heavy atom. The minimum absolute atomic E-state index is 0.234. The van der Waals surface area contributed by atoms with E-state index in [0.29, 0.717) is 51.8 Å². The summed E-state index contributed by atoms with van der Waals surface area (Å²) in [6, 6.07) is 10.9. The number of pyridine rings is 1. The average Bonchev–Trinajstić information content (AvgIpc) is 3.40. The molecule has 12 nitrogen and oxygen atoms in total. The second kappa shape index (κ2) is 10.5. The Bertz CT molecular complexity index is 1540. The molecular formula is C26H26N8O4. The Balaban J connectivity index is 1.64. The molecule has 12 heteroatoms. The fraction of sp³-hybridized carbons (Fsp3) is 0.231. The van der Waals surface area contributed by atoms with Gasteiger partial charge in [-0.25, -0.2) is 9.97 Å². The summed E-state index contributed by atoms with van der Waals surface area (Å²) in [4.78, 5) is 25.1. The first-order valence-corrected chi connectivity index (χ1v) is 11.6. The number of aryl methyl sites for hydroxylation is 1. The van der Waals surface area contributed by atoms with Gasteiger partial charge >= 0.3 is 0 Å². The molecule has 0 N–H and O–H groups in total. The van der Waals surface area contributed by atoms with Crippen LogP contribution < -0.4 is 23.8 Å². The van der Waals surface area contributed by atoms with Crippen LogP contribution in [0.4, 0.5) is 11.5 Å². The van der Waals surface area contributed by atoms with Gasteiger partial charge in [-0.2, -0.15) is 15.1 Å². The van der Waals surface area contributed by atoms with E-state index >= 15 is 0 Å². The van der Waals surface area contributed by atoms with Crippen LogP contribution >= 0.6 is 0 Å². The smallest absolute Gasteiger partial charge is 0.220 e. The molecule has 5 aromatic rings. The largest absolute Gasteiger partial charge is 0.497 e. The fourth-order valence-electron chi connectivity index (χ4n) is 3.85. The van der Waals surface area contributed by atoms with Crippen LogP contribution in [0, 0.1) is 0 Å². The maximum atomic E-state index is 5.51. The lowest BCUT2D eigenvalue weighted by Crippen LogP contribution is -2.20. The molecule has 0 unspecified atom stereocenters. The molecule has 0 spiro atoms. The molecule has 38 heavy (non-hydrogen) atoms. The average molecular weight is 515 g/mol. The van der Waals surface area contributed by atoms with Crippen LogP contribution in [0.2, 0.25) is 0 Å². The minimum Gasteiger partial charge on any atom is -0.497 e. The molecule has 0 aliphatic carbocycles. The number of nitrogens with zero attached hydrogens (tertiary/aromatic N) is 8. The van der Waals surface area contributed by atoms with E-state index in [9.17, 15) is 0 Å². The molecule has 0 bridgehead atoms. The number of anilines is 2. The second-order valence-corrected chi connectivity index (χ2v) is 8.20. The Morgan fingerprint density at radius 1 is 0.789 bits per heavy atom. The zero-order valence-electron chi connectivity index (χ0n) is 21.6. The summed E-state index contributed by atoms with van der Waals surface area (Å²) in [7, 11) is 8.13. The molecule has 194 valence electrons. The summed E-state index contributed by atoms with van der Waals surface area (Å²) in [5.74, 6) is 3.05. The van der Waals surface area contributed by atoms with Gasteiger partial charge in [0, 0.05) is 37.0 Å². The SMILES string of the molecule is COc1cc(OC)cc(N(Cc2nc(OC)cc(OC)n2)c2ccc3ncc(-c4cnn(C)c4)nc3n2)c1. The summed E-state index contributed by atoms with van der Waals surface area (Å²) < 4.78 is 23.4. The minimum atomic E-state index is 0.234. The van der Waals surface area contributed by atoms with Gasteiger partial charge in [-0.05, 0) is 12.1 Å². The van der Waals surface area contributed by atoms with Crippen molar-refractivity contribution in [3.05, 3.63) is 60.8 Å². The summed E-state index contributed by atoms with van der Waals surface area (Å²) >= 11 is 0. The van der Waals surface area contributed by atoms with Crippen LogP contribution in [0.5, 0.6) is 23.3 Å². The van der Waals surface area contributed by atoms with E-state index < -0.39 is 0 Å². The quantitative estimate of drug-likeness (QED) is 0.287. The van der Waals surface area contributed by atoms with Crippen molar-refractivity contribution in [1.82, 2.24) is 34.7 Å². The molecule has 0 fully saturated rings. The highest BCUT2D eigenvalue weighted by atomic mass is 16.5. The molecular weight excluding hydrogens is 488 g/mol. The van der Waals surface area contributed by atoms with Crippen LogP contribution in [0.25, 0.3) is 22.4 Å². The molecule has 4 aromatic heterocycles. The van der Waals surface area contributed by atoms with Gasteiger partial charge in [0.2, 0.25) is 11.8 Å². The molecule has 0 saturated heterocycles. The van der Waals surface area contributed by atoms with E-state index in [0.717, 1.165) is 11.3 Å². The summed E-state index contributed by atoms with van der Waals surface area (Å²) in [5, 5.41) is 4.23. The van der Waals surface area contributed by atoms with Crippen molar-refractivity contribution in [3.63, 3.8) is 0 Å². The van der Waals surface area contributed by atoms with Gasteiger partial charge < -0.3 is 23.8 Å². The molecule has 0 saturated carbocycles. The second-order valence-electron chi connectivity index (χ2n) is 8.20. The van der Waals surface area contributed by atoms with Gasteiger partial charge in [-0.3, -0.25) is 9.67 Å². The number of methoxy groups -OCH3 is 4. The third kappa shape index (κ3) is 5.09. The lowest BCUT2D eigenvalue weighted by molar-refractivity contribution is 0.368. The van der Waals surface area contributed by atoms with Crippen LogP contribution in [0.3, 0.4) is 0 Å². The molecule has 0 aliphatic rings. The fourth-order valence-corrected chi connectivity index (χ4v) is 3.85. The normalized spacial score (nSPS) is 10.9. The van der Waals surface area contributed by atoms with E-state index in [1.807, 2.05) is 42.4 Å². The topological polar surface area (TPSA) is 122 Å². The first kappa shape index (κ1) is 24.7. The van der Waals surface area contributed by atoms with Crippen molar-refractivity contribution in [2.45, 2.75) is 6.54 Å². The van der Waals surface area contributed by atoms with Gasteiger partial charge in [-0.15, -0.1) is 0 Å². The summed E-state index contributed by atoms with van der Waals surface area (Å²) in [6.45, 7) is 0.234. The number of hydrogen-bond donors (Lipinski definition) is 0.